The Balaban J connectivity index is 3.01. The number of aliphatic hydroxyl groups excluding tert-OH is 1. The minimum Gasteiger partial charge on any atom is -0.493 e. The molecule has 1 rings (SSSR count). The first-order valence-electron chi connectivity index (χ1n) is 5.93. The Morgan fingerprint density at radius 2 is 2.18 bits per heavy atom. The van der Waals surface area contributed by atoms with Crippen molar-refractivity contribution < 1.29 is 9.84 Å². The van der Waals surface area contributed by atoms with Crippen molar-refractivity contribution in [2.24, 2.45) is 0 Å². The highest BCUT2D eigenvalue weighted by molar-refractivity contribution is 9.10. The Hall–Kier alpha value is -0.800. The van der Waals surface area contributed by atoms with Crippen molar-refractivity contribution in [3.8, 4) is 5.75 Å². The molecule has 1 aromatic carbocycles. The van der Waals surface area contributed by atoms with Crippen molar-refractivity contribution in [3.63, 3.8) is 0 Å². The van der Waals surface area contributed by atoms with Crippen molar-refractivity contribution >= 4 is 22.0 Å². The Bertz CT molecular complexity index is 380. The standard InChI is InChI=1S/C14H19BrO2/c1-3-7-17-14-6-5-13(15)9-12(14)8-11(4-2)10-16/h5-6,8-9,16H,3-4,7,10H2,1-2H3. The fraction of sp³-hybridized carbons (Fsp3) is 0.429. The number of hydrogen-bond acceptors (Lipinski definition) is 2. The molecular formula is C14H19BrO2. The molecule has 94 valence electrons. The van der Waals surface area contributed by atoms with Gasteiger partial charge in [-0.3, -0.25) is 0 Å². The molecule has 0 amide bonds. The van der Waals surface area contributed by atoms with Gasteiger partial charge in [-0.15, -0.1) is 0 Å². The van der Waals surface area contributed by atoms with Crippen LogP contribution in [0.2, 0.25) is 0 Å². The molecule has 1 N–H and O–H groups in total. The number of hydrogen-bond donors (Lipinski definition) is 1. The molecule has 0 fully saturated rings. The number of rotatable bonds is 6. The molecule has 3 heteroatoms. The van der Waals surface area contributed by atoms with Crippen LogP contribution < -0.4 is 4.74 Å². The predicted octanol–water partition coefficient (Wildman–Crippen LogP) is 4.02. The van der Waals surface area contributed by atoms with Crippen LogP contribution in [-0.2, 0) is 0 Å². The van der Waals surface area contributed by atoms with Crippen LogP contribution >= 0.6 is 15.9 Å². The highest BCUT2D eigenvalue weighted by Gasteiger charge is 2.03. The minimum atomic E-state index is 0.0935. The molecule has 0 spiro atoms. The van der Waals surface area contributed by atoms with Crippen LogP contribution in [0.25, 0.3) is 6.08 Å². The van der Waals surface area contributed by atoms with E-state index >= 15 is 0 Å². The maximum absolute atomic E-state index is 9.20. The van der Waals surface area contributed by atoms with Crippen LogP contribution in [0.3, 0.4) is 0 Å². The average molecular weight is 299 g/mol. The summed E-state index contributed by atoms with van der Waals surface area (Å²) >= 11 is 3.45. The number of ether oxygens (including phenoxy) is 1. The summed E-state index contributed by atoms with van der Waals surface area (Å²) in [6, 6.07) is 5.93. The van der Waals surface area contributed by atoms with Crippen molar-refractivity contribution in [3.05, 3.63) is 33.8 Å². The lowest BCUT2D eigenvalue weighted by molar-refractivity contribution is 0.316. The van der Waals surface area contributed by atoms with E-state index in [1.807, 2.05) is 31.2 Å². The molecular weight excluding hydrogens is 280 g/mol. The molecule has 0 bridgehead atoms. The van der Waals surface area contributed by atoms with Crippen LogP contribution in [0, 0.1) is 0 Å². The third-order valence-electron chi connectivity index (χ3n) is 2.45. The van der Waals surface area contributed by atoms with E-state index in [0.717, 1.165) is 34.2 Å². The third kappa shape index (κ3) is 4.52. The Morgan fingerprint density at radius 1 is 1.41 bits per heavy atom. The van der Waals surface area contributed by atoms with Crippen LogP contribution in [-0.4, -0.2) is 18.3 Å². The zero-order valence-corrected chi connectivity index (χ0v) is 12.0. The largest absolute Gasteiger partial charge is 0.493 e. The van der Waals surface area contributed by atoms with Gasteiger partial charge in [0.1, 0.15) is 5.75 Å². The quantitative estimate of drug-likeness (QED) is 0.859. The lowest BCUT2D eigenvalue weighted by atomic mass is 10.1. The summed E-state index contributed by atoms with van der Waals surface area (Å²) in [7, 11) is 0. The first-order chi connectivity index (χ1) is 8.21. The van der Waals surface area contributed by atoms with Gasteiger partial charge in [-0.05, 0) is 42.7 Å². The second-order valence-electron chi connectivity index (χ2n) is 3.84. The highest BCUT2D eigenvalue weighted by Crippen LogP contribution is 2.26. The first-order valence-corrected chi connectivity index (χ1v) is 6.73. The summed E-state index contributed by atoms with van der Waals surface area (Å²) in [5, 5.41) is 9.20. The second kappa shape index (κ2) is 7.51. The van der Waals surface area contributed by atoms with Gasteiger partial charge in [-0.1, -0.05) is 29.8 Å². The molecule has 0 saturated heterocycles. The summed E-state index contributed by atoms with van der Waals surface area (Å²) in [6.45, 7) is 4.92. The monoisotopic (exact) mass is 298 g/mol. The smallest absolute Gasteiger partial charge is 0.126 e. The molecule has 0 aliphatic rings. The van der Waals surface area contributed by atoms with Gasteiger partial charge in [0.25, 0.3) is 0 Å². The molecule has 0 saturated carbocycles. The summed E-state index contributed by atoms with van der Waals surface area (Å²) in [6.07, 6.45) is 3.83. The van der Waals surface area contributed by atoms with Gasteiger partial charge in [0, 0.05) is 10.0 Å². The van der Waals surface area contributed by atoms with E-state index in [0.29, 0.717) is 6.61 Å². The second-order valence-corrected chi connectivity index (χ2v) is 4.76. The van der Waals surface area contributed by atoms with Gasteiger partial charge in [0.05, 0.1) is 13.2 Å². The fourth-order valence-corrected chi connectivity index (χ4v) is 1.83. The van der Waals surface area contributed by atoms with Gasteiger partial charge in [0.15, 0.2) is 0 Å². The van der Waals surface area contributed by atoms with E-state index in [-0.39, 0.29) is 6.61 Å². The average Bonchev–Trinajstić information content (AvgIpc) is 2.35. The van der Waals surface area contributed by atoms with Crippen molar-refractivity contribution in [2.75, 3.05) is 13.2 Å². The third-order valence-corrected chi connectivity index (χ3v) is 2.94. The Kier molecular flexibility index (Phi) is 6.30. The van der Waals surface area contributed by atoms with Gasteiger partial charge in [-0.25, -0.2) is 0 Å². The lowest BCUT2D eigenvalue weighted by Gasteiger charge is -2.10. The summed E-state index contributed by atoms with van der Waals surface area (Å²) < 4.78 is 6.70. The summed E-state index contributed by atoms with van der Waals surface area (Å²) in [4.78, 5) is 0. The van der Waals surface area contributed by atoms with Gasteiger partial charge in [0.2, 0.25) is 0 Å². The van der Waals surface area contributed by atoms with Crippen LogP contribution in [0.1, 0.15) is 32.3 Å². The molecule has 0 unspecified atom stereocenters. The zero-order valence-electron chi connectivity index (χ0n) is 10.4. The molecule has 0 heterocycles. The Labute approximate surface area is 111 Å². The molecule has 0 aliphatic heterocycles. The van der Waals surface area contributed by atoms with E-state index < -0.39 is 0 Å². The van der Waals surface area contributed by atoms with E-state index in [9.17, 15) is 5.11 Å². The van der Waals surface area contributed by atoms with E-state index in [1.165, 1.54) is 0 Å². The van der Waals surface area contributed by atoms with Crippen molar-refractivity contribution in [1.29, 1.82) is 0 Å². The zero-order chi connectivity index (χ0) is 12.7. The first kappa shape index (κ1) is 14.3. The lowest BCUT2D eigenvalue weighted by Crippen LogP contribution is -1.97. The predicted molar refractivity (Wildman–Crippen MR) is 75.3 cm³/mol. The molecule has 0 aliphatic carbocycles. The maximum Gasteiger partial charge on any atom is 0.126 e. The molecule has 2 nitrogen and oxygen atoms in total. The van der Waals surface area contributed by atoms with Crippen LogP contribution in [0.4, 0.5) is 0 Å². The van der Waals surface area contributed by atoms with Crippen LogP contribution in [0.15, 0.2) is 28.2 Å². The Morgan fingerprint density at radius 3 is 2.76 bits per heavy atom. The van der Waals surface area contributed by atoms with E-state index in [1.54, 1.807) is 0 Å². The SMILES string of the molecule is CCCOc1ccc(Br)cc1C=C(CC)CO. The summed E-state index contributed by atoms with van der Waals surface area (Å²) in [5.74, 6) is 0.870. The number of benzene rings is 1. The fourth-order valence-electron chi connectivity index (χ4n) is 1.46. The van der Waals surface area contributed by atoms with Gasteiger partial charge in [-0.2, -0.15) is 0 Å². The van der Waals surface area contributed by atoms with Crippen LogP contribution in [0.5, 0.6) is 5.75 Å². The normalized spacial score (nSPS) is 11.6. The number of aliphatic hydroxyl groups is 1. The van der Waals surface area contributed by atoms with E-state index in [4.69, 9.17) is 4.74 Å². The highest BCUT2D eigenvalue weighted by atomic mass is 79.9. The molecule has 17 heavy (non-hydrogen) atoms. The topological polar surface area (TPSA) is 29.5 Å². The number of halogens is 1. The van der Waals surface area contributed by atoms with Gasteiger partial charge < -0.3 is 9.84 Å². The molecule has 0 atom stereocenters. The summed E-state index contributed by atoms with van der Waals surface area (Å²) in [5.41, 5.74) is 2.02. The molecule has 0 radical (unpaired) electrons. The minimum absolute atomic E-state index is 0.0935. The molecule has 1 aromatic rings. The van der Waals surface area contributed by atoms with Crippen molar-refractivity contribution in [1.82, 2.24) is 0 Å². The molecule has 0 aromatic heterocycles. The van der Waals surface area contributed by atoms with E-state index in [2.05, 4.69) is 22.9 Å². The van der Waals surface area contributed by atoms with Crippen molar-refractivity contribution in [2.45, 2.75) is 26.7 Å². The van der Waals surface area contributed by atoms with Gasteiger partial charge >= 0.3 is 0 Å². The maximum atomic E-state index is 9.20.